The molecular weight excluding hydrogens is 561 g/mol. The molecule has 0 spiro atoms. The molecule has 6 rings (SSSR count). The molecule has 0 atom stereocenters. The van der Waals surface area contributed by atoms with Crippen molar-refractivity contribution in [2.45, 2.75) is 25.7 Å². The van der Waals surface area contributed by atoms with Gasteiger partial charge in [-0.15, -0.1) is 0 Å². The Morgan fingerprint density at radius 2 is 1.61 bits per heavy atom. The van der Waals surface area contributed by atoms with E-state index in [9.17, 15) is 9.59 Å². The van der Waals surface area contributed by atoms with Crippen LogP contribution in [0.5, 0.6) is 11.5 Å². The first-order chi connectivity index (χ1) is 21.2. The van der Waals surface area contributed by atoms with Gasteiger partial charge in [0.2, 0.25) is 5.43 Å². The van der Waals surface area contributed by atoms with Crippen molar-refractivity contribution in [3.63, 3.8) is 0 Å². The quantitative estimate of drug-likeness (QED) is 0.168. The molecule has 230 valence electrons. The SMILES string of the molecule is CN(C)CCCCNC(=O)c1cn2c3c(c(NCCCCN(C)C)c(F)cc3c1=O)Oc1cc3c(cc1-2)oc1ccccc13. The van der Waals surface area contributed by atoms with Gasteiger partial charge in [-0.25, -0.2) is 4.39 Å². The summed E-state index contributed by atoms with van der Waals surface area (Å²) in [7, 11) is 8.04. The van der Waals surface area contributed by atoms with Crippen molar-refractivity contribution < 1.29 is 18.3 Å². The highest BCUT2D eigenvalue weighted by atomic mass is 19.1. The third kappa shape index (κ3) is 5.62. The number of nitrogens with one attached hydrogen (secondary N) is 2. The molecule has 0 radical (unpaired) electrons. The van der Waals surface area contributed by atoms with Gasteiger partial charge in [0, 0.05) is 36.1 Å². The van der Waals surface area contributed by atoms with E-state index in [4.69, 9.17) is 9.15 Å². The third-order valence-electron chi connectivity index (χ3n) is 8.02. The molecule has 0 fully saturated rings. The molecule has 0 aliphatic carbocycles. The topological polar surface area (TPSA) is 92.0 Å². The standard InChI is InChI=1S/C34H38FN5O4/c1-38(2)15-9-7-13-36-30-25(35)17-23-31-33(30)44-29-18-22-21-11-5-6-12-27(21)43-28(22)19-26(29)40(31)20-24(32(23)41)34(42)37-14-8-10-16-39(3)4/h5-6,11-12,17-20,36H,7-10,13-16H2,1-4H3,(H,37,42). The molecule has 0 saturated heterocycles. The second kappa shape index (κ2) is 12.3. The van der Waals surface area contributed by atoms with Gasteiger partial charge in [-0.1, -0.05) is 18.2 Å². The summed E-state index contributed by atoms with van der Waals surface area (Å²) in [5.41, 5.74) is 1.95. The summed E-state index contributed by atoms with van der Waals surface area (Å²) in [4.78, 5) is 31.2. The number of halogens is 1. The van der Waals surface area contributed by atoms with Crippen molar-refractivity contribution in [3.8, 4) is 17.2 Å². The fourth-order valence-electron chi connectivity index (χ4n) is 5.78. The highest BCUT2D eigenvalue weighted by Crippen LogP contribution is 2.47. The van der Waals surface area contributed by atoms with Gasteiger partial charge in [0.25, 0.3) is 5.91 Å². The summed E-state index contributed by atoms with van der Waals surface area (Å²) < 4.78 is 30.1. The van der Waals surface area contributed by atoms with Crippen molar-refractivity contribution in [1.82, 2.24) is 19.7 Å². The van der Waals surface area contributed by atoms with Crippen LogP contribution in [0.15, 0.2) is 57.9 Å². The zero-order chi connectivity index (χ0) is 31.0. The second-order valence-electron chi connectivity index (χ2n) is 11.9. The van der Waals surface area contributed by atoms with E-state index >= 15 is 4.39 Å². The molecule has 1 amide bonds. The normalized spacial score (nSPS) is 12.3. The fourth-order valence-corrected chi connectivity index (χ4v) is 5.78. The van der Waals surface area contributed by atoms with Crippen molar-refractivity contribution in [1.29, 1.82) is 0 Å². The van der Waals surface area contributed by atoms with Crippen LogP contribution in [0.25, 0.3) is 38.5 Å². The van der Waals surface area contributed by atoms with Crippen LogP contribution in [0.1, 0.15) is 36.0 Å². The van der Waals surface area contributed by atoms with Crippen molar-refractivity contribution in [2.24, 2.45) is 0 Å². The Labute approximate surface area is 255 Å². The zero-order valence-electron chi connectivity index (χ0n) is 25.6. The van der Waals surface area contributed by atoms with Crippen molar-refractivity contribution >= 4 is 44.4 Å². The van der Waals surface area contributed by atoms with Gasteiger partial charge in [0.05, 0.1) is 11.1 Å². The van der Waals surface area contributed by atoms with E-state index < -0.39 is 17.2 Å². The lowest BCUT2D eigenvalue weighted by Crippen LogP contribution is -2.31. The largest absolute Gasteiger partial charge is 0.456 e. The highest BCUT2D eigenvalue weighted by Gasteiger charge is 2.29. The Kier molecular flexibility index (Phi) is 8.29. The van der Waals surface area contributed by atoms with E-state index in [1.807, 2.05) is 64.6 Å². The number of unbranched alkanes of at least 4 members (excludes halogenated alkanes) is 2. The van der Waals surface area contributed by atoms with E-state index in [0.717, 1.165) is 55.1 Å². The highest BCUT2D eigenvalue weighted by molar-refractivity contribution is 6.07. The molecule has 0 unspecified atom stereocenters. The number of pyridine rings is 1. The number of nitrogens with zero attached hydrogens (tertiary/aromatic N) is 3. The number of hydrogen-bond acceptors (Lipinski definition) is 7. The summed E-state index contributed by atoms with van der Waals surface area (Å²) in [5, 5.41) is 7.95. The molecule has 2 aromatic heterocycles. The van der Waals surface area contributed by atoms with Crippen LogP contribution in [0.3, 0.4) is 0 Å². The number of benzene rings is 3. The third-order valence-corrected chi connectivity index (χ3v) is 8.02. The molecular formula is C34H38FN5O4. The van der Waals surface area contributed by atoms with E-state index in [2.05, 4.69) is 20.4 Å². The number of para-hydroxylation sites is 1. The van der Waals surface area contributed by atoms with E-state index in [0.29, 0.717) is 35.6 Å². The lowest BCUT2D eigenvalue weighted by Gasteiger charge is -2.26. The summed E-state index contributed by atoms with van der Waals surface area (Å²) in [6, 6.07) is 12.7. The van der Waals surface area contributed by atoms with Crippen molar-refractivity contribution in [2.75, 3.05) is 59.7 Å². The first-order valence-electron chi connectivity index (χ1n) is 15.1. The molecule has 2 N–H and O–H groups in total. The predicted octanol–water partition coefficient (Wildman–Crippen LogP) is 5.96. The molecule has 1 aliphatic rings. The number of furan rings is 1. The van der Waals surface area contributed by atoms with Crippen LogP contribution in [0.2, 0.25) is 0 Å². The van der Waals surface area contributed by atoms with E-state index in [-0.39, 0.29) is 22.4 Å². The molecule has 44 heavy (non-hydrogen) atoms. The summed E-state index contributed by atoms with van der Waals surface area (Å²) in [5.74, 6) is -0.408. The average Bonchev–Trinajstić information content (AvgIpc) is 3.35. The van der Waals surface area contributed by atoms with Gasteiger partial charge in [-0.2, -0.15) is 0 Å². The molecule has 1 aliphatic heterocycles. The summed E-state index contributed by atoms with van der Waals surface area (Å²) >= 11 is 0. The minimum Gasteiger partial charge on any atom is -0.456 e. The molecule has 0 saturated carbocycles. The first kappa shape index (κ1) is 29.7. The van der Waals surface area contributed by atoms with Gasteiger partial charge in [-0.3, -0.25) is 9.59 Å². The van der Waals surface area contributed by atoms with Crippen LogP contribution in [-0.2, 0) is 0 Å². The lowest BCUT2D eigenvalue weighted by atomic mass is 10.0. The van der Waals surface area contributed by atoms with Gasteiger partial charge >= 0.3 is 0 Å². The van der Waals surface area contributed by atoms with E-state index in [1.54, 1.807) is 4.57 Å². The molecule has 3 heterocycles. The molecule has 3 aromatic carbocycles. The number of carbonyl (C=O) groups excluding carboxylic acids is 1. The van der Waals surface area contributed by atoms with Crippen LogP contribution in [0.4, 0.5) is 10.1 Å². The Balaban J connectivity index is 1.45. The van der Waals surface area contributed by atoms with Gasteiger partial charge in [-0.05, 0) is 85.2 Å². The van der Waals surface area contributed by atoms with Crippen LogP contribution >= 0.6 is 0 Å². The average molecular weight is 600 g/mol. The zero-order valence-corrected chi connectivity index (χ0v) is 25.6. The molecule has 9 nitrogen and oxygen atoms in total. The predicted molar refractivity (Wildman–Crippen MR) is 173 cm³/mol. The Morgan fingerprint density at radius 3 is 2.36 bits per heavy atom. The number of aromatic nitrogens is 1. The number of ether oxygens (including phenoxy) is 1. The van der Waals surface area contributed by atoms with Gasteiger partial charge in [0.1, 0.15) is 27.9 Å². The Morgan fingerprint density at radius 1 is 0.886 bits per heavy atom. The number of fused-ring (bicyclic) bond motifs is 5. The van der Waals surface area contributed by atoms with Crippen LogP contribution < -0.4 is 20.8 Å². The molecule has 0 bridgehead atoms. The summed E-state index contributed by atoms with van der Waals surface area (Å²) in [6.07, 6.45) is 4.99. The molecule has 10 heteroatoms. The fraction of sp³-hybridized carbons (Fsp3) is 0.353. The number of hydrogen-bond donors (Lipinski definition) is 2. The number of rotatable bonds is 12. The maximum Gasteiger partial charge on any atom is 0.256 e. The summed E-state index contributed by atoms with van der Waals surface area (Å²) in [6.45, 7) is 2.79. The minimum absolute atomic E-state index is 0.0580. The van der Waals surface area contributed by atoms with Crippen LogP contribution in [-0.4, -0.2) is 74.6 Å². The smallest absolute Gasteiger partial charge is 0.256 e. The molecule has 5 aromatic rings. The maximum atomic E-state index is 15.8. The van der Waals surface area contributed by atoms with Crippen LogP contribution in [0, 0.1) is 5.82 Å². The Bertz CT molecular complexity index is 1930. The number of carbonyl (C=O) groups is 1. The van der Waals surface area contributed by atoms with Gasteiger partial charge in [0.15, 0.2) is 17.3 Å². The maximum absolute atomic E-state index is 15.8. The lowest BCUT2D eigenvalue weighted by molar-refractivity contribution is 0.0951. The Hall–Kier alpha value is -4.41. The monoisotopic (exact) mass is 599 g/mol. The number of anilines is 1. The van der Waals surface area contributed by atoms with Gasteiger partial charge < -0.3 is 34.2 Å². The minimum atomic E-state index is -0.608. The van der Waals surface area contributed by atoms with E-state index in [1.165, 1.54) is 12.3 Å². The van der Waals surface area contributed by atoms with Crippen molar-refractivity contribution in [3.05, 3.63) is 70.3 Å². The number of amides is 1. The second-order valence-corrected chi connectivity index (χ2v) is 11.9. The first-order valence-corrected chi connectivity index (χ1v) is 15.1.